The van der Waals surface area contributed by atoms with E-state index in [0.717, 1.165) is 11.3 Å². The van der Waals surface area contributed by atoms with Crippen LogP contribution in [0.3, 0.4) is 0 Å². The van der Waals surface area contributed by atoms with Gasteiger partial charge in [0.15, 0.2) is 0 Å². The minimum atomic E-state index is -0.743. The first-order valence-corrected chi connectivity index (χ1v) is 8.22. The van der Waals surface area contributed by atoms with E-state index in [0.29, 0.717) is 12.1 Å². The second-order valence-corrected chi connectivity index (χ2v) is 6.78. The fraction of sp³-hybridized carbons (Fsp3) is 0.316. The van der Waals surface area contributed by atoms with E-state index < -0.39 is 10.9 Å². The van der Waals surface area contributed by atoms with Gasteiger partial charge in [0.25, 0.3) is 5.69 Å². The summed E-state index contributed by atoms with van der Waals surface area (Å²) in [5.41, 5.74) is 0.883. The van der Waals surface area contributed by atoms with E-state index in [1.54, 1.807) is 6.07 Å². The van der Waals surface area contributed by atoms with Gasteiger partial charge in [-0.3, -0.25) is 10.1 Å². The molecule has 1 N–H and O–H groups in total. The quantitative estimate of drug-likeness (QED) is 0.504. The molecule has 0 aliphatic carbocycles. The van der Waals surface area contributed by atoms with E-state index in [1.165, 1.54) is 19.2 Å². The summed E-state index contributed by atoms with van der Waals surface area (Å²) in [6.45, 7) is 4.01. The number of para-hydroxylation sites is 1. The summed E-state index contributed by atoms with van der Waals surface area (Å²) in [6, 6.07) is 12.1. The molecule has 3 rings (SSSR count). The summed E-state index contributed by atoms with van der Waals surface area (Å²) in [7, 11) is 1.20. The number of hydrogen-bond donors (Lipinski definition) is 1. The lowest BCUT2D eigenvalue weighted by Gasteiger charge is -2.38. The maximum Gasteiger partial charge on any atom is 0.344 e. The molecule has 0 saturated heterocycles. The molecular formula is C19H20N2O5. The van der Waals surface area contributed by atoms with Gasteiger partial charge >= 0.3 is 5.97 Å². The van der Waals surface area contributed by atoms with Crippen LogP contribution >= 0.6 is 0 Å². The van der Waals surface area contributed by atoms with E-state index in [4.69, 9.17) is 4.74 Å². The topological polar surface area (TPSA) is 90.7 Å². The Hall–Kier alpha value is -3.09. The number of esters is 1. The number of benzene rings is 2. The Balaban J connectivity index is 1.96. The number of nitrogens with one attached hydrogen (secondary N) is 1. The van der Waals surface area contributed by atoms with E-state index in [1.807, 2.05) is 38.1 Å². The van der Waals surface area contributed by atoms with Crippen molar-refractivity contribution in [2.45, 2.75) is 31.9 Å². The van der Waals surface area contributed by atoms with E-state index in [2.05, 4.69) is 10.1 Å². The van der Waals surface area contributed by atoms with E-state index in [9.17, 15) is 14.9 Å². The smallest absolute Gasteiger partial charge is 0.344 e. The monoisotopic (exact) mass is 356 g/mol. The van der Waals surface area contributed by atoms with Crippen molar-refractivity contribution in [3.8, 4) is 5.75 Å². The molecule has 0 bridgehead atoms. The highest BCUT2D eigenvalue weighted by Gasteiger charge is 2.33. The van der Waals surface area contributed by atoms with Gasteiger partial charge < -0.3 is 14.8 Å². The van der Waals surface area contributed by atoms with Crippen LogP contribution in [0, 0.1) is 10.1 Å². The highest BCUT2D eigenvalue weighted by atomic mass is 16.6. The van der Waals surface area contributed by atoms with Crippen molar-refractivity contribution in [3.05, 3.63) is 63.7 Å². The number of fused-ring (bicyclic) bond motifs is 1. The highest BCUT2D eigenvalue weighted by Crippen LogP contribution is 2.41. The van der Waals surface area contributed by atoms with Crippen LogP contribution < -0.4 is 10.1 Å². The summed E-state index contributed by atoms with van der Waals surface area (Å²) < 4.78 is 10.7. The predicted molar refractivity (Wildman–Crippen MR) is 96.6 cm³/mol. The Kier molecular flexibility index (Phi) is 4.54. The van der Waals surface area contributed by atoms with Gasteiger partial charge in [0.1, 0.15) is 16.9 Å². The molecule has 2 aromatic carbocycles. The number of nitrogens with zero attached hydrogens (tertiary/aromatic N) is 1. The number of carbonyl (C=O) groups excluding carboxylic acids is 1. The average Bonchev–Trinajstić information content (AvgIpc) is 2.59. The molecular weight excluding hydrogens is 336 g/mol. The summed E-state index contributed by atoms with van der Waals surface area (Å²) in [4.78, 5) is 22.5. The standard InChI is InChI=1S/C19H20N2O5/c1-19(2)11-15(13-6-4-5-7-17(13)26-19)20-12-8-9-16(21(23)24)14(10-12)18(22)25-3/h4-10,15,20H,11H2,1-3H3. The number of ether oxygens (including phenoxy) is 2. The average molecular weight is 356 g/mol. The number of anilines is 1. The fourth-order valence-corrected chi connectivity index (χ4v) is 3.19. The summed E-state index contributed by atoms with van der Waals surface area (Å²) in [6.07, 6.45) is 0.703. The second-order valence-electron chi connectivity index (χ2n) is 6.78. The SMILES string of the molecule is COC(=O)c1cc(NC2CC(C)(C)Oc3ccccc32)ccc1[N+](=O)[O-]. The Bertz CT molecular complexity index is 863. The first-order chi connectivity index (χ1) is 12.3. The number of methoxy groups -OCH3 is 1. The predicted octanol–water partition coefficient (Wildman–Crippen LogP) is 4.10. The molecule has 2 aromatic rings. The molecule has 0 spiro atoms. The van der Waals surface area contributed by atoms with Gasteiger partial charge in [0, 0.05) is 23.7 Å². The largest absolute Gasteiger partial charge is 0.487 e. The highest BCUT2D eigenvalue weighted by molar-refractivity contribution is 5.95. The van der Waals surface area contributed by atoms with E-state index in [-0.39, 0.29) is 22.9 Å². The molecule has 0 amide bonds. The zero-order valence-electron chi connectivity index (χ0n) is 14.8. The van der Waals surface area contributed by atoms with Crippen molar-refractivity contribution < 1.29 is 19.2 Å². The lowest BCUT2D eigenvalue weighted by Crippen LogP contribution is -2.37. The minimum absolute atomic E-state index is 0.0538. The van der Waals surface area contributed by atoms with Gasteiger partial charge in [0.2, 0.25) is 0 Å². The Morgan fingerprint density at radius 3 is 2.73 bits per heavy atom. The summed E-state index contributed by atoms with van der Waals surface area (Å²) in [5, 5.41) is 14.5. The Labute approximate surface area is 151 Å². The normalized spacial score (nSPS) is 17.6. The van der Waals surface area contributed by atoms with Crippen LogP contribution in [0.5, 0.6) is 5.75 Å². The molecule has 0 fully saturated rings. The van der Waals surface area contributed by atoms with Crippen LogP contribution in [0.25, 0.3) is 0 Å². The van der Waals surface area contributed by atoms with Crippen LogP contribution in [0.2, 0.25) is 0 Å². The third kappa shape index (κ3) is 3.46. The third-order valence-electron chi connectivity index (χ3n) is 4.32. The maximum absolute atomic E-state index is 11.9. The van der Waals surface area contributed by atoms with Crippen LogP contribution in [0.1, 0.15) is 42.2 Å². The van der Waals surface area contributed by atoms with E-state index >= 15 is 0 Å². The lowest BCUT2D eigenvalue weighted by atomic mass is 9.89. The first kappa shape index (κ1) is 17.7. The van der Waals surface area contributed by atoms with Crippen molar-refractivity contribution in [2.24, 2.45) is 0 Å². The molecule has 26 heavy (non-hydrogen) atoms. The maximum atomic E-state index is 11.9. The summed E-state index contributed by atoms with van der Waals surface area (Å²) >= 11 is 0. The third-order valence-corrected chi connectivity index (χ3v) is 4.32. The van der Waals surface area contributed by atoms with Crippen molar-refractivity contribution >= 4 is 17.3 Å². The van der Waals surface area contributed by atoms with Crippen LogP contribution in [-0.2, 0) is 4.74 Å². The van der Waals surface area contributed by atoms with Crippen molar-refractivity contribution in [1.82, 2.24) is 0 Å². The zero-order chi connectivity index (χ0) is 18.9. The number of hydrogen-bond acceptors (Lipinski definition) is 6. The number of carbonyl (C=O) groups is 1. The van der Waals surface area contributed by atoms with Gasteiger partial charge in [-0.05, 0) is 32.0 Å². The molecule has 1 heterocycles. The molecule has 1 unspecified atom stereocenters. The first-order valence-electron chi connectivity index (χ1n) is 8.22. The van der Waals surface area contributed by atoms with Crippen molar-refractivity contribution in [3.63, 3.8) is 0 Å². The molecule has 7 nitrogen and oxygen atoms in total. The molecule has 136 valence electrons. The van der Waals surface area contributed by atoms with Gasteiger partial charge in [-0.2, -0.15) is 0 Å². The molecule has 0 saturated carbocycles. The summed E-state index contributed by atoms with van der Waals surface area (Å²) in [5.74, 6) is 0.0596. The van der Waals surface area contributed by atoms with Gasteiger partial charge in [0.05, 0.1) is 18.1 Å². The van der Waals surface area contributed by atoms with Gasteiger partial charge in [-0.1, -0.05) is 18.2 Å². The van der Waals surface area contributed by atoms with Gasteiger partial charge in [-0.15, -0.1) is 0 Å². The van der Waals surface area contributed by atoms with Crippen molar-refractivity contribution in [2.75, 3.05) is 12.4 Å². The molecule has 7 heteroatoms. The molecule has 0 radical (unpaired) electrons. The number of rotatable bonds is 4. The molecule has 1 aliphatic heterocycles. The number of nitro groups is 1. The van der Waals surface area contributed by atoms with Crippen molar-refractivity contribution in [1.29, 1.82) is 0 Å². The number of nitro benzene ring substituents is 1. The Morgan fingerprint density at radius 2 is 2.04 bits per heavy atom. The van der Waals surface area contributed by atoms with Gasteiger partial charge in [-0.25, -0.2) is 4.79 Å². The zero-order valence-corrected chi connectivity index (χ0v) is 14.8. The fourth-order valence-electron chi connectivity index (χ4n) is 3.19. The van der Waals surface area contributed by atoms with Crippen LogP contribution in [0.15, 0.2) is 42.5 Å². The molecule has 0 aromatic heterocycles. The second kappa shape index (κ2) is 6.67. The molecule has 1 atom stereocenters. The lowest BCUT2D eigenvalue weighted by molar-refractivity contribution is -0.385. The minimum Gasteiger partial charge on any atom is -0.487 e. The van der Waals surface area contributed by atoms with Crippen LogP contribution in [0.4, 0.5) is 11.4 Å². The van der Waals surface area contributed by atoms with Crippen LogP contribution in [-0.4, -0.2) is 23.6 Å². The Morgan fingerprint density at radius 1 is 1.31 bits per heavy atom. The molecule has 1 aliphatic rings.